The number of ether oxygens (including phenoxy) is 1. The summed E-state index contributed by atoms with van der Waals surface area (Å²) < 4.78 is 6.67. The zero-order valence-electron chi connectivity index (χ0n) is 14.4. The van der Waals surface area contributed by atoms with Gasteiger partial charge in [0.25, 0.3) is 5.91 Å². The molecule has 0 aliphatic carbocycles. The first-order valence-corrected chi connectivity index (χ1v) is 9.13. The molecule has 0 spiro atoms. The lowest BCUT2D eigenvalue weighted by molar-refractivity contribution is -0.127. The molecule has 0 heterocycles. The SMILES string of the molecule is CCc1ccc(CC)c(CNC(=O)[C@@H](C)Oc2ccc(Br)cc2)c1. The fourth-order valence-corrected chi connectivity index (χ4v) is 2.77. The Morgan fingerprint density at radius 1 is 1.08 bits per heavy atom. The molecule has 0 fully saturated rings. The van der Waals surface area contributed by atoms with Crippen molar-refractivity contribution in [1.82, 2.24) is 5.32 Å². The largest absolute Gasteiger partial charge is 0.481 e. The second kappa shape index (κ2) is 8.88. The van der Waals surface area contributed by atoms with E-state index in [4.69, 9.17) is 4.74 Å². The molecule has 1 N–H and O–H groups in total. The Labute approximate surface area is 152 Å². The van der Waals surface area contributed by atoms with Gasteiger partial charge in [0.05, 0.1) is 0 Å². The van der Waals surface area contributed by atoms with E-state index in [1.165, 1.54) is 16.7 Å². The van der Waals surface area contributed by atoms with Crippen molar-refractivity contribution < 1.29 is 9.53 Å². The number of rotatable bonds is 7. The van der Waals surface area contributed by atoms with Crippen molar-refractivity contribution in [2.75, 3.05) is 0 Å². The van der Waals surface area contributed by atoms with Gasteiger partial charge in [-0.1, -0.05) is 48.0 Å². The van der Waals surface area contributed by atoms with Crippen LogP contribution in [-0.4, -0.2) is 12.0 Å². The standard InChI is InChI=1S/C20H24BrNO2/c1-4-15-6-7-16(5-2)17(12-15)13-22-20(23)14(3)24-19-10-8-18(21)9-11-19/h6-12,14H,4-5,13H2,1-3H3,(H,22,23)/t14-/m1/s1. The predicted octanol–water partition coefficient (Wildman–Crippen LogP) is 4.66. The van der Waals surface area contributed by atoms with Crippen LogP contribution >= 0.6 is 15.9 Å². The van der Waals surface area contributed by atoms with Gasteiger partial charge >= 0.3 is 0 Å². The lowest BCUT2D eigenvalue weighted by Gasteiger charge is -2.16. The molecule has 1 atom stereocenters. The molecule has 0 saturated carbocycles. The zero-order chi connectivity index (χ0) is 17.5. The fourth-order valence-electron chi connectivity index (χ4n) is 2.51. The summed E-state index contributed by atoms with van der Waals surface area (Å²) in [5, 5.41) is 2.98. The maximum atomic E-state index is 12.3. The summed E-state index contributed by atoms with van der Waals surface area (Å²) in [4.78, 5) is 12.3. The minimum atomic E-state index is -0.536. The van der Waals surface area contributed by atoms with E-state index in [0.29, 0.717) is 12.3 Å². The highest BCUT2D eigenvalue weighted by Gasteiger charge is 2.15. The van der Waals surface area contributed by atoms with Gasteiger partial charge in [0, 0.05) is 11.0 Å². The third-order valence-electron chi connectivity index (χ3n) is 4.01. The second-order valence-electron chi connectivity index (χ2n) is 5.74. The highest BCUT2D eigenvalue weighted by molar-refractivity contribution is 9.10. The molecule has 2 aromatic carbocycles. The molecule has 2 aromatic rings. The number of hydrogen-bond donors (Lipinski definition) is 1. The monoisotopic (exact) mass is 389 g/mol. The summed E-state index contributed by atoms with van der Waals surface area (Å²) in [6.07, 6.45) is 1.42. The second-order valence-corrected chi connectivity index (χ2v) is 6.66. The quantitative estimate of drug-likeness (QED) is 0.747. The van der Waals surface area contributed by atoms with Gasteiger partial charge in [-0.15, -0.1) is 0 Å². The molecular weight excluding hydrogens is 366 g/mol. The summed E-state index contributed by atoms with van der Waals surface area (Å²) >= 11 is 3.38. The van der Waals surface area contributed by atoms with Crippen molar-refractivity contribution >= 4 is 21.8 Å². The molecule has 24 heavy (non-hydrogen) atoms. The molecule has 3 nitrogen and oxygen atoms in total. The molecule has 2 rings (SSSR count). The summed E-state index contributed by atoms with van der Waals surface area (Å²) in [7, 11) is 0. The van der Waals surface area contributed by atoms with Crippen molar-refractivity contribution in [2.45, 2.75) is 46.3 Å². The van der Waals surface area contributed by atoms with Crippen LogP contribution in [0.2, 0.25) is 0 Å². The summed E-state index contributed by atoms with van der Waals surface area (Å²) in [6.45, 7) is 6.56. The molecule has 0 aliphatic rings. The summed E-state index contributed by atoms with van der Waals surface area (Å²) in [6, 6.07) is 14.0. The van der Waals surface area contributed by atoms with Crippen molar-refractivity contribution in [2.24, 2.45) is 0 Å². The Bertz CT molecular complexity index is 683. The molecule has 4 heteroatoms. The van der Waals surface area contributed by atoms with E-state index < -0.39 is 6.10 Å². The Hall–Kier alpha value is -1.81. The topological polar surface area (TPSA) is 38.3 Å². The van der Waals surface area contributed by atoms with Crippen LogP contribution in [0.1, 0.15) is 37.5 Å². The van der Waals surface area contributed by atoms with Gasteiger partial charge in [-0.2, -0.15) is 0 Å². The van der Waals surface area contributed by atoms with E-state index in [9.17, 15) is 4.79 Å². The predicted molar refractivity (Wildman–Crippen MR) is 101 cm³/mol. The van der Waals surface area contributed by atoms with Crippen molar-refractivity contribution in [3.8, 4) is 5.75 Å². The van der Waals surface area contributed by atoms with Crippen LogP contribution in [0.15, 0.2) is 46.9 Å². The minimum Gasteiger partial charge on any atom is -0.481 e. The van der Waals surface area contributed by atoms with Gasteiger partial charge < -0.3 is 10.1 Å². The van der Waals surface area contributed by atoms with E-state index in [0.717, 1.165) is 17.3 Å². The summed E-state index contributed by atoms with van der Waals surface area (Å²) in [5.41, 5.74) is 3.74. The highest BCUT2D eigenvalue weighted by Crippen LogP contribution is 2.17. The molecule has 0 radical (unpaired) electrons. The normalized spacial score (nSPS) is 11.8. The van der Waals surface area contributed by atoms with E-state index in [1.807, 2.05) is 24.3 Å². The van der Waals surface area contributed by atoms with Gasteiger partial charge in [0.15, 0.2) is 6.10 Å². The van der Waals surface area contributed by atoms with Crippen molar-refractivity contribution in [1.29, 1.82) is 0 Å². The molecule has 0 aliphatic heterocycles. The Balaban J connectivity index is 1.95. The van der Waals surface area contributed by atoms with Crippen LogP contribution < -0.4 is 10.1 Å². The number of nitrogens with one attached hydrogen (secondary N) is 1. The number of halogens is 1. The lowest BCUT2D eigenvalue weighted by atomic mass is 10.0. The van der Waals surface area contributed by atoms with Crippen LogP contribution in [0.5, 0.6) is 5.75 Å². The number of amides is 1. The Morgan fingerprint density at radius 2 is 1.79 bits per heavy atom. The van der Waals surface area contributed by atoms with E-state index in [2.05, 4.69) is 53.3 Å². The van der Waals surface area contributed by atoms with Crippen LogP contribution in [0.3, 0.4) is 0 Å². The van der Waals surface area contributed by atoms with Crippen molar-refractivity contribution in [3.63, 3.8) is 0 Å². The molecule has 1 amide bonds. The number of aryl methyl sites for hydroxylation is 2. The third kappa shape index (κ3) is 5.10. The smallest absolute Gasteiger partial charge is 0.261 e. The van der Waals surface area contributed by atoms with Crippen LogP contribution in [0.25, 0.3) is 0 Å². The number of benzene rings is 2. The van der Waals surface area contributed by atoms with Gasteiger partial charge in [0.1, 0.15) is 5.75 Å². The maximum absolute atomic E-state index is 12.3. The maximum Gasteiger partial charge on any atom is 0.261 e. The number of hydrogen-bond acceptors (Lipinski definition) is 2. The number of carbonyl (C=O) groups is 1. The average molecular weight is 390 g/mol. The molecule has 0 bridgehead atoms. The lowest BCUT2D eigenvalue weighted by Crippen LogP contribution is -2.36. The first kappa shape index (κ1) is 18.5. The zero-order valence-corrected chi connectivity index (χ0v) is 16.0. The third-order valence-corrected chi connectivity index (χ3v) is 4.54. The van der Waals surface area contributed by atoms with Crippen LogP contribution in [0.4, 0.5) is 0 Å². The van der Waals surface area contributed by atoms with E-state index in [-0.39, 0.29) is 5.91 Å². The fraction of sp³-hybridized carbons (Fsp3) is 0.350. The van der Waals surface area contributed by atoms with E-state index in [1.54, 1.807) is 6.92 Å². The molecular formula is C20H24BrNO2. The van der Waals surface area contributed by atoms with Crippen LogP contribution in [-0.2, 0) is 24.2 Å². The molecule has 0 unspecified atom stereocenters. The first-order chi connectivity index (χ1) is 11.5. The van der Waals surface area contributed by atoms with E-state index >= 15 is 0 Å². The molecule has 0 saturated heterocycles. The van der Waals surface area contributed by atoms with Crippen LogP contribution in [0, 0.1) is 0 Å². The Kier molecular flexibility index (Phi) is 6.85. The van der Waals surface area contributed by atoms with Crippen molar-refractivity contribution in [3.05, 3.63) is 63.6 Å². The average Bonchev–Trinajstić information content (AvgIpc) is 2.61. The van der Waals surface area contributed by atoms with Gasteiger partial charge in [-0.3, -0.25) is 4.79 Å². The molecule has 0 aromatic heterocycles. The van der Waals surface area contributed by atoms with Gasteiger partial charge in [-0.25, -0.2) is 0 Å². The highest BCUT2D eigenvalue weighted by atomic mass is 79.9. The Morgan fingerprint density at radius 3 is 2.42 bits per heavy atom. The summed E-state index contributed by atoms with van der Waals surface area (Å²) in [5.74, 6) is 0.574. The first-order valence-electron chi connectivity index (χ1n) is 8.34. The van der Waals surface area contributed by atoms with Gasteiger partial charge in [0.2, 0.25) is 0 Å². The number of carbonyl (C=O) groups excluding carboxylic acids is 1. The van der Waals surface area contributed by atoms with Gasteiger partial charge in [-0.05, 0) is 60.7 Å². The molecule has 128 valence electrons. The minimum absolute atomic E-state index is 0.109.